The molecule has 0 radical (unpaired) electrons. The summed E-state index contributed by atoms with van der Waals surface area (Å²) in [5.41, 5.74) is 1.11. The third-order valence-electron chi connectivity index (χ3n) is 2.97. The van der Waals surface area contributed by atoms with Gasteiger partial charge in [0.1, 0.15) is 0 Å². The smallest absolute Gasteiger partial charge is 0.243 e. The third kappa shape index (κ3) is 4.34. The highest BCUT2D eigenvalue weighted by atomic mass is 32.2. The van der Waals surface area contributed by atoms with Crippen molar-refractivity contribution in [2.75, 3.05) is 26.7 Å². The average molecular weight is 294 g/mol. The second kappa shape index (κ2) is 8.05. The van der Waals surface area contributed by atoms with Crippen LogP contribution in [-0.2, 0) is 16.4 Å². The zero-order valence-electron chi connectivity index (χ0n) is 12.1. The Kier molecular flexibility index (Phi) is 6.73. The van der Waals surface area contributed by atoms with Gasteiger partial charge in [-0.1, -0.05) is 25.0 Å². The summed E-state index contributed by atoms with van der Waals surface area (Å²) in [6, 6.07) is 7.01. The first-order chi connectivity index (χ1) is 9.56. The van der Waals surface area contributed by atoms with Crippen LogP contribution in [0.3, 0.4) is 0 Å². The van der Waals surface area contributed by atoms with E-state index in [9.17, 15) is 8.42 Å². The van der Waals surface area contributed by atoms with E-state index in [-0.39, 0.29) is 6.54 Å². The van der Waals surface area contributed by atoms with E-state index in [1.54, 1.807) is 12.1 Å². The molecule has 0 heterocycles. The van der Waals surface area contributed by atoms with E-state index in [1.807, 2.05) is 26.1 Å². The van der Waals surface area contributed by atoms with Gasteiger partial charge in [-0.05, 0) is 44.1 Å². The Hall–Kier alpha value is -1.35. The van der Waals surface area contributed by atoms with Crippen molar-refractivity contribution in [3.05, 3.63) is 29.8 Å². The zero-order chi connectivity index (χ0) is 15.0. The van der Waals surface area contributed by atoms with Crippen LogP contribution in [0.2, 0.25) is 0 Å². The van der Waals surface area contributed by atoms with E-state index in [0.29, 0.717) is 11.4 Å². The monoisotopic (exact) mass is 294 g/mol. The third-order valence-corrected chi connectivity index (χ3v) is 4.82. The second-order valence-electron chi connectivity index (χ2n) is 4.54. The Labute approximate surface area is 122 Å². The number of likely N-dealkylation sites (N-methyl/N-ethyl adjacent to an activating group) is 1. The fraction of sp³-hybridized carbons (Fsp3) is 0.467. The Morgan fingerprint density at radius 3 is 2.45 bits per heavy atom. The largest absolute Gasteiger partial charge is 0.319 e. The number of benzene rings is 1. The van der Waals surface area contributed by atoms with Gasteiger partial charge in [0.2, 0.25) is 10.0 Å². The molecule has 20 heavy (non-hydrogen) atoms. The number of terminal acetylenes is 1. The summed E-state index contributed by atoms with van der Waals surface area (Å²) in [5, 5.41) is 3.06. The highest BCUT2D eigenvalue weighted by Gasteiger charge is 2.22. The first kappa shape index (κ1) is 16.7. The molecule has 0 unspecified atom stereocenters. The van der Waals surface area contributed by atoms with E-state index in [1.165, 1.54) is 4.31 Å². The standard InChI is InChI=1S/C15H22N2O2S/c1-4-12-17(13-5-2)20(18,19)15-8-6-14(7-9-15)10-11-16-3/h1,6-9,16H,5,10-13H2,2-3H3. The minimum Gasteiger partial charge on any atom is -0.319 e. The van der Waals surface area contributed by atoms with Crippen LogP contribution in [-0.4, -0.2) is 39.4 Å². The Balaban J connectivity index is 2.93. The van der Waals surface area contributed by atoms with Crippen molar-refractivity contribution in [3.63, 3.8) is 0 Å². The van der Waals surface area contributed by atoms with Crippen LogP contribution in [0, 0.1) is 12.3 Å². The molecule has 0 aliphatic rings. The zero-order valence-corrected chi connectivity index (χ0v) is 12.9. The van der Waals surface area contributed by atoms with Crippen LogP contribution in [0.1, 0.15) is 18.9 Å². The normalized spacial score (nSPS) is 11.5. The van der Waals surface area contributed by atoms with E-state index < -0.39 is 10.0 Å². The van der Waals surface area contributed by atoms with Gasteiger partial charge in [-0.15, -0.1) is 6.42 Å². The van der Waals surface area contributed by atoms with Gasteiger partial charge in [0.05, 0.1) is 11.4 Å². The molecule has 1 rings (SSSR count). The van der Waals surface area contributed by atoms with Crippen molar-refractivity contribution in [1.29, 1.82) is 0 Å². The summed E-state index contributed by atoms with van der Waals surface area (Å²) in [6.45, 7) is 3.34. The van der Waals surface area contributed by atoms with Crippen LogP contribution < -0.4 is 5.32 Å². The van der Waals surface area contributed by atoms with Crippen molar-refractivity contribution in [2.24, 2.45) is 0 Å². The maximum Gasteiger partial charge on any atom is 0.243 e. The highest BCUT2D eigenvalue weighted by molar-refractivity contribution is 7.89. The lowest BCUT2D eigenvalue weighted by atomic mass is 10.1. The maximum absolute atomic E-state index is 12.5. The first-order valence-electron chi connectivity index (χ1n) is 6.73. The summed E-state index contributed by atoms with van der Waals surface area (Å²) < 4.78 is 26.3. The Morgan fingerprint density at radius 1 is 1.30 bits per heavy atom. The molecule has 0 aromatic heterocycles. The van der Waals surface area contributed by atoms with Crippen molar-refractivity contribution in [3.8, 4) is 12.3 Å². The predicted octanol–water partition coefficient (Wildman–Crippen LogP) is 1.48. The van der Waals surface area contributed by atoms with Gasteiger partial charge in [0.15, 0.2) is 0 Å². The summed E-state index contributed by atoms with van der Waals surface area (Å²) in [7, 11) is -1.60. The maximum atomic E-state index is 12.5. The lowest BCUT2D eigenvalue weighted by molar-refractivity contribution is 0.445. The van der Waals surface area contributed by atoms with Crippen molar-refractivity contribution < 1.29 is 8.42 Å². The topological polar surface area (TPSA) is 49.4 Å². The lowest BCUT2D eigenvalue weighted by Crippen LogP contribution is -2.32. The molecule has 1 aromatic rings. The number of hydrogen-bond donors (Lipinski definition) is 1. The summed E-state index contributed by atoms with van der Waals surface area (Å²) in [5.74, 6) is 2.41. The Bertz CT molecular complexity index is 544. The van der Waals surface area contributed by atoms with Gasteiger partial charge in [-0.3, -0.25) is 0 Å². The molecule has 0 saturated heterocycles. The van der Waals surface area contributed by atoms with Gasteiger partial charge in [0.25, 0.3) is 0 Å². The molecule has 0 amide bonds. The summed E-state index contributed by atoms with van der Waals surface area (Å²) in [4.78, 5) is 0.300. The quantitative estimate of drug-likeness (QED) is 0.739. The molecule has 0 aliphatic heterocycles. The molecule has 1 N–H and O–H groups in total. The fourth-order valence-corrected chi connectivity index (χ4v) is 3.33. The van der Waals surface area contributed by atoms with Crippen molar-refractivity contribution in [2.45, 2.75) is 24.7 Å². The van der Waals surface area contributed by atoms with Crippen molar-refractivity contribution in [1.82, 2.24) is 9.62 Å². The number of hydrogen-bond acceptors (Lipinski definition) is 3. The number of rotatable bonds is 8. The molecular formula is C15H22N2O2S. The number of sulfonamides is 1. The summed E-state index contributed by atoms with van der Waals surface area (Å²) in [6.07, 6.45) is 6.86. The van der Waals surface area contributed by atoms with Crippen LogP contribution >= 0.6 is 0 Å². The average Bonchev–Trinajstić information content (AvgIpc) is 2.45. The molecule has 0 bridgehead atoms. The summed E-state index contributed by atoms with van der Waals surface area (Å²) >= 11 is 0. The van der Waals surface area contributed by atoms with Gasteiger partial charge in [0, 0.05) is 6.54 Å². The SMILES string of the molecule is C#CCN(CCC)S(=O)(=O)c1ccc(CCNC)cc1. The van der Waals surface area contributed by atoms with Crippen LogP contribution in [0.4, 0.5) is 0 Å². The van der Waals surface area contributed by atoms with E-state index in [2.05, 4.69) is 11.2 Å². The number of nitrogens with one attached hydrogen (secondary N) is 1. The molecular weight excluding hydrogens is 272 g/mol. The molecule has 0 aliphatic carbocycles. The van der Waals surface area contributed by atoms with Gasteiger partial charge in [-0.2, -0.15) is 4.31 Å². The van der Waals surface area contributed by atoms with Crippen LogP contribution in [0.5, 0.6) is 0 Å². The van der Waals surface area contributed by atoms with Crippen LogP contribution in [0.15, 0.2) is 29.2 Å². The Morgan fingerprint density at radius 2 is 1.95 bits per heavy atom. The molecule has 0 saturated carbocycles. The predicted molar refractivity (Wildman–Crippen MR) is 82.0 cm³/mol. The van der Waals surface area contributed by atoms with Gasteiger partial charge < -0.3 is 5.32 Å². The van der Waals surface area contributed by atoms with Crippen molar-refractivity contribution >= 4 is 10.0 Å². The first-order valence-corrected chi connectivity index (χ1v) is 8.17. The lowest BCUT2D eigenvalue weighted by Gasteiger charge is -2.19. The van der Waals surface area contributed by atoms with Crippen LogP contribution in [0.25, 0.3) is 0 Å². The van der Waals surface area contributed by atoms with E-state index in [4.69, 9.17) is 6.42 Å². The molecule has 0 atom stereocenters. The van der Waals surface area contributed by atoms with E-state index in [0.717, 1.165) is 24.9 Å². The second-order valence-corrected chi connectivity index (χ2v) is 6.48. The van der Waals surface area contributed by atoms with E-state index >= 15 is 0 Å². The molecule has 0 fully saturated rings. The molecule has 4 nitrogen and oxygen atoms in total. The molecule has 110 valence electrons. The minimum atomic E-state index is -3.49. The van der Waals surface area contributed by atoms with Gasteiger partial charge in [-0.25, -0.2) is 8.42 Å². The molecule has 1 aromatic carbocycles. The fourth-order valence-electron chi connectivity index (χ4n) is 1.88. The van der Waals surface area contributed by atoms with Gasteiger partial charge >= 0.3 is 0 Å². The number of nitrogens with zero attached hydrogens (tertiary/aromatic N) is 1. The molecule has 5 heteroatoms. The minimum absolute atomic E-state index is 0.109. The highest BCUT2D eigenvalue weighted by Crippen LogP contribution is 2.16. The molecule has 0 spiro atoms.